The Morgan fingerprint density at radius 2 is 2.06 bits per heavy atom. The van der Waals surface area contributed by atoms with Gasteiger partial charge < -0.3 is 9.84 Å². The molecule has 0 fully saturated rings. The van der Waals surface area contributed by atoms with Crippen LogP contribution >= 0.6 is 11.6 Å². The van der Waals surface area contributed by atoms with Crippen molar-refractivity contribution in [2.24, 2.45) is 0 Å². The van der Waals surface area contributed by atoms with Crippen molar-refractivity contribution in [3.8, 4) is 0 Å². The van der Waals surface area contributed by atoms with Crippen molar-refractivity contribution in [2.45, 2.75) is 24.8 Å². The van der Waals surface area contributed by atoms with Crippen LogP contribution in [0.15, 0.2) is 30.3 Å². The van der Waals surface area contributed by atoms with Gasteiger partial charge in [-0.15, -0.1) is 11.6 Å². The minimum Gasteiger partial charge on any atom is -0.465 e. The van der Waals surface area contributed by atoms with Crippen molar-refractivity contribution >= 4 is 17.6 Å². The van der Waals surface area contributed by atoms with Gasteiger partial charge in [0.15, 0.2) is 5.38 Å². The van der Waals surface area contributed by atoms with Crippen LogP contribution in [0.4, 0.5) is 0 Å². The second-order valence-corrected chi connectivity index (χ2v) is 4.06. The van der Waals surface area contributed by atoms with E-state index in [0.29, 0.717) is 5.56 Å². The van der Waals surface area contributed by atoms with Crippen LogP contribution in [-0.2, 0) is 15.1 Å². The lowest BCUT2D eigenvalue weighted by atomic mass is 9.92. The molecule has 0 aliphatic rings. The Bertz CT molecular complexity index is 349. The SMILES string of the molecule is CCOC(=O)C(Cl)C(C)(O)c1ccccc1. The predicted molar refractivity (Wildman–Crippen MR) is 62.3 cm³/mol. The molecule has 88 valence electrons. The van der Waals surface area contributed by atoms with Crippen LogP contribution in [0.25, 0.3) is 0 Å². The van der Waals surface area contributed by atoms with E-state index >= 15 is 0 Å². The molecule has 16 heavy (non-hydrogen) atoms. The fraction of sp³-hybridized carbons (Fsp3) is 0.417. The third-order valence-corrected chi connectivity index (χ3v) is 2.95. The minimum atomic E-state index is -1.44. The molecular weight excluding hydrogens is 228 g/mol. The summed E-state index contributed by atoms with van der Waals surface area (Å²) in [6.07, 6.45) is 0. The Morgan fingerprint density at radius 1 is 1.50 bits per heavy atom. The lowest BCUT2D eigenvalue weighted by molar-refractivity contribution is -0.147. The summed E-state index contributed by atoms with van der Waals surface area (Å²) in [6.45, 7) is 3.43. The van der Waals surface area contributed by atoms with Crippen LogP contribution in [0.2, 0.25) is 0 Å². The number of hydrogen-bond acceptors (Lipinski definition) is 3. The van der Waals surface area contributed by atoms with Crippen LogP contribution in [0.1, 0.15) is 19.4 Å². The highest BCUT2D eigenvalue weighted by molar-refractivity contribution is 6.30. The molecule has 0 saturated heterocycles. The summed E-state index contributed by atoms with van der Waals surface area (Å²) in [5.74, 6) is -0.613. The summed E-state index contributed by atoms with van der Waals surface area (Å²) in [5, 5.41) is 9.10. The summed E-state index contributed by atoms with van der Waals surface area (Å²) in [5.41, 5.74) is -0.849. The van der Waals surface area contributed by atoms with Gasteiger partial charge in [-0.25, -0.2) is 0 Å². The topological polar surface area (TPSA) is 46.5 Å². The number of carbonyl (C=O) groups is 1. The summed E-state index contributed by atoms with van der Waals surface area (Å²) >= 11 is 5.91. The fourth-order valence-corrected chi connectivity index (χ4v) is 1.56. The van der Waals surface area contributed by atoms with Gasteiger partial charge >= 0.3 is 5.97 Å². The third-order valence-electron chi connectivity index (χ3n) is 2.35. The first-order valence-electron chi connectivity index (χ1n) is 5.08. The number of alkyl halides is 1. The van der Waals surface area contributed by atoms with Gasteiger partial charge in [0.1, 0.15) is 5.60 Å². The first-order valence-corrected chi connectivity index (χ1v) is 5.52. The van der Waals surface area contributed by atoms with E-state index in [0.717, 1.165) is 0 Å². The number of esters is 1. The molecule has 1 rings (SSSR count). The van der Waals surface area contributed by atoms with Crippen molar-refractivity contribution in [3.63, 3.8) is 0 Å². The first-order chi connectivity index (χ1) is 7.50. The highest BCUT2D eigenvalue weighted by atomic mass is 35.5. The maximum Gasteiger partial charge on any atom is 0.327 e. The molecular formula is C12H15ClO3. The molecule has 0 saturated carbocycles. The maximum atomic E-state index is 11.4. The molecule has 1 N–H and O–H groups in total. The number of rotatable bonds is 4. The maximum absolute atomic E-state index is 11.4. The summed E-state index contributed by atoms with van der Waals surface area (Å²) in [7, 11) is 0. The van der Waals surface area contributed by atoms with Gasteiger partial charge in [0.05, 0.1) is 6.61 Å². The molecule has 0 aliphatic carbocycles. The normalized spacial score (nSPS) is 16.2. The molecule has 1 aromatic rings. The molecule has 4 heteroatoms. The Morgan fingerprint density at radius 3 is 2.56 bits per heavy atom. The van der Waals surface area contributed by atoms with Crippen molar-refractivity contribution in [3.05, 3.63) is 35.9 Å². The molecule has 0 aromatic heterocycles. The van der Waals surface area contributed by atoms with Gasteiger partial charge in [0.25, 0.3) is 0 Å². The molecule has 0 radical (unpaired) electrons. The number of benzene rings is 1. The zero-order valence-electron chi connectivity index (χ0n) is 9.31. The van der Waals surface area contributed by atoms with Crippen LogP contribution < -0.4 is 0 Å². The van der Waals surface area contributed by atoms with Gasteiger partial charge in [-0.05, 0) is 19.4 Å². The van der Waals surface area contributed by atoms with Crippen LogP contribution in [0.3, 0.4) is 0 Å². The molecule has 0 spiro atoms. The van der Waals surface area contributed by atoms with E-state index < -0.39 is 16.9 Å². The lowest BCUT2D eigenvalue weighted by Crippen LogP contribution is -2.39. The summed E-state index contributed by atoms with van der Waals surface area (Å²) < 4.78 is 4.78. The van der Waals surface area contributed by atoms with Crippen molar-refractivity contribution in [1.82, 2.24) is 0 Å². The molecule has 0 bridgehead atoms. The standard InChI is InChI=1S/C12H15ClO3/c1-3-16-11(14)10(13)12(2,15)9-7-5-4-6-8-9/h4-8,10,15H,3H2,1-2H3. The molecule has 2 atom stereocenters. The zero-order chi connectivity index (χ0) is 12.2. The molecule has 1 aromatic carbocycles. The second-order valence-electron chi connectivity index (χ2n) is 3.63. The molecule has 2 unspecified atom stereocenters. The lowest BCUT2D eigenvalue weighted by Gasteiger charge is -2.27. The predicted octanol–water partition coefficient (Wildman–Crippen LogP) is 2.06. The fourth-order valence-electron chi connectivity index (χ4n) is 1.37. The molecule has 0 heterocycles. The van der Waals surface area contributed by atoms with E-state index in [1.54, 1.807) is 31.2 Å². The Balaban J connectivity index is 2.89. The second kappa shape index (κ2) is 5.32. The Hall–Kier alpha value is -1.06. The van der Waals surface area contributed by atoms with Crippen LogP contribution in [0, 0.1) is 0 Å². The van der Waals surface area contributed by atoms with Gasteiger partial charge in [0.2, 0.25) is 0 Å². The highest BCUT2D eigenvalue weighted by Gasteiger charge is 2.38. The first kappa shape index (κ1) is 13.0. The van der Waals surface area contributed by atoms with Gasteiger partial charge in [-0.3, -0.25) is 4.79 Å². The Labute approximate surface area is 100.0 Å². The number of carbonyl (C=O) groups excluding carboxylic acids is 1. The van der Waals surface area contributed by atoms with E-state index in [2.05, 4.69) is 0 Å². The van der Waals surface area contributed by atoms with Crippen LogP contribution in [0.5, 0.6) is 0 Å². The Kier molecular flexibility index (Phi) is 4.33. The average Bonchev–Trinajstić information content (AvgIpc) is 2.29. The van der Waals surface area contributed by atoms with Crippen molar-refractivity contribution in [2.75, 3.05) is 6.61 Å². The van der Waals surface area contributed by atoms with Crippen molar-refractivity contribution in [1.29, 1.82) is 0 Å². The van der Waals surface area contributed by atoms with E-state index in [1.807, 2.05) is 6.07 Å². The third kappa shape index (κ3) is 2.74. The highest BCUT2D eigenvalue weighted by Crippen LogP contribution is 2.28. The zero-order valence-corrected chi connectivity index (χ0v) is 10.1. The van der Waals surface area contributed by atoms with Crippen molar-refractivity contribution < 1.29 is 14.6 Å². The van der Waals surface area contributed by atoms with E-state index in [1.165, 1.54) is 6.92 Å². The van der Waals surface area contributed by atoms with E-state index in [4.69, 9.17) is 16.3 Å². The van der Waals surface area contributed by atoms with Gasteiger partial charge in [0, 0.05) is 0 Å². The van der Waals surface area contributed by atoms with Crippen LogP contribution in [-0.4, -0.2) is 23.1 Å². The largest absolute Gasteiger partial charge is 0.465 e. The summed E-state index contributed by atoms with van der Waals surface area (Å²) in [6, 6.07) is 8.81. The molecule has 3 nitrogen and oxygen atoms in total. The van der Waals surface area contributed by atoms with Gasteiger partial charge in [-0.2, -0.15) is 0 Å². The van der Waals surface area contributed by atoms with Gasteiger partial charge in [-0.1, -0.05) is 30.3 Å². The monoisotopic (exact) mass is 242 g/mol. The smallest absolute Gasteiger partial charge is 0.327 e. The molecule has 0 aliphatic heterocycles. The number of halogens is 1. The quantitative estimate of drug-likeness (QED) is 0.650. The van der Waals surface area contributed by atoms with E-state index in [-0.39, 0.29) is 6.61 Å². The summed E-state index contributed by atoms with van der Waals surface area (Å²) in [4.78, 5) is 11.4. The molecule has 0 amide bonds. The average molecular weight is 243 g/mol. The number of hydrogen-bond donors (Lipinski definition) is 1. The number of aliphatic hydroxyl groups is 1. The number of ether oxygens (including phenoxy) is 1. The van der Waals surface area contributed by atoms with E-state index in [9.17, 15) is 9.90 Å². The minimum absolute atomic E-state index is 0.243.